The van der Waals surface area contributed by atoms with Crippen molar-refractivity contribution < 1.29 is 0 Å². The summed E-state index contributed by atoms with van der Waals surface area (Å²) >= 11 is 0. The van der Waals surface area contributed by atoms with Crippen molar-refractivity contribution in [2.24, 2.45) is 16.2 Å². The van der Waals surface area contributed by atoms with E-state index in [0.717, 1.165) is 0 Å². The zero-order valence-corrected chi connectivity index (χ0v) is 10.5. The standard InChI is InChI=1S/C15H24/c1-13(2)9-10-15-7-4-6-14(3,11-15)8-5-12(13)15/h5H,4,6-11H2,1-3H3/t14-,15+/m1/s1. The van der Waals surface area contributed by atoms with Crippen LogP contribution in [0.1, 0.15) is 65.7 Å². The van der Waals surface area contributed by atoms with Crippen LogP contribution in [0, 0.1) is 16.2 Å². The number of hydrogen-bond donors (Lipinski definition) is 0. The van der Waals surface area contributed by atoms with Gasteiger partial charge in [0.15, 0.2) is 0 Å². The van der Waals surface area contributed by atoms with Gasteiger partial charge in [0, 0.05) is 0 Å². The molecular formula is C15H24. The molecule has 0 N–H and O–H groups in total. The van der Waals surface area contributed by atoms with Crippen LogP contribution in [-0.2, 0) is 0 Å². The van der Waals surface area contributed by atoms with Crippen LogP contribution in [0.2, 0.25) is 0 Å². The molecule has 1 spiro atoms. The molecule has 2 saturated carbocycles. The molecule has 2 fully saturated rings. The number of fused-ring (bicyclic) bond motifs is 1. The first kappa shape index (κ1) is 9.93. The second kappa shape index (κ2) is 2.70. The fourth-order valence-corrected chi connectivity index (χ4v) is 4.84. The summed E-state index contributed by atoms with van der Waals surface area (Å²) in [6, 6.07) is 0. The minimum atomic E-state index is 0.513. The number of rotatable bonds is 0. The molecule has 0 aliphatic heterocycles. The lowest BCUT2D eigenvalue weighted by Crippen LogP contribution is -2.38. The average molecular weight is 204 g/mol. The molecule has 0 aromatic carbocycles. The monoisotopic (exact) mass is 204 g/mol. The summed E-state index contributed by atoms with van der Waals surface area (Å²) in [5, 5.41) is 0. The van der Waals surface area contributed by atoms with Gasteiger partial charge in [0.1, 0.15) is 0 Å². The first-order valence-corrected chi connectivity index (χ1v) is 6.67. The Labute approximate surface area is 94.1 Å². The van der Waals surface area contributed by atoms with E-state index in [0.29, 0.717) is 16.2 Å². The molecule has 0 heteroatoms. The smallest absolute Gasteiger partial charge is 0.00771 e. The van der Waals surface area contributed by atoms with Crippen molar-refractivity contribution in [2.45, 2.75) is 65.7 Å². The third-order valence-electron chi connectivity index (χ3n) is 5.53. The average Bonchev–Trinajstić information content (AvgIpc) is 2.36. The third-order valence-corrected chi connectivity index (χ3v) is 5.53. The van der Waals surface area contributed by atoms with Crippen molar-refractivity contribution in [3.8, 4) is 0 Å². The molecule has 0 radical (unpaired) electrons. The first-order chi connectivity index (χ1) is 6.96. The van der Waals surface area contributed by atoms with Crippen molar-refractivity contribution in [1.82, 2.24) is 0 Å². The number of allylic oxidation sites excluding steroid dienone is 2. The van der Waals surface area contributed by atoms with E-state index >= 15 is 0 Å². The molecule has 84 valence electrons. The molecule has 2 bridgehead atoms. The summed E-state index contributed by atoms with van der Waals surface area (Å²) in [6.07, 6.45) is 12.8. The van der Waals surface area contributed by atoms with Crippen LogP contribution < -0.4 is 0 Å². The highest BCUT2D eigenvalue weighted by molar-refractivity contribution is 5.31. The lowest BCUT2D eigenvalue weighted by atomic mass is 9.55. The fourth-order valence-electron chi connectivity index (χ4n) is 4.84. The second-order valence-corrected chi connectivity index (χ2v) is 7.33. The second-order valence-electron chi connectivity index (χ2n) is 7.33. The Hall–Kier alpha value is -0.260. The maximum atomic E-state index is 2.63. The topological polar surface area (TPSA) is 0 Å². The number of hydrogen-bond acceptors (Lipinski definition) is 0. The highest BCUT2D eigenvalue weighted by atomic mass is 14.6. The molecule has 0 aromatic heterocycles. The highest BCUT2D eigenvalue weighted by Gasteiger charge is 2.54. The molecule has 2 atom stereocenters. The Morgan fingerprint density at radius 3 is 2.60 bits per heavy atom. The van der Waals surface area contributed by atoms with Gasteiger partial charge in [-0.05, 0) is 54.8 Å². The van der Waals surface area contributed by atoms with E-state index in [1.807, 2.05) is 5.57 Å². The van der Waals surface area contributed by atoms with Gasteiger partial charge < -0.3 is 0 Å². The summed E-state index contributed by atoms with van der Waals surface area (Å²) in [7, 11) is 0. The van der Waals surface area contributed by atoms with Crippen LogP contribution in [-0.4, -0.2) is 0 Å². The summed E-state index contributed by atoms with van der Waals surface area (Å²) in [5.74, 6) is 0. The van der Waals surface area contributed by atoms with E-state index in [2.05, 4.69) is 26.8 Å². The van der Waals surface area contributed by atoms with Crippen molar-refractivity contribution in [2.75, 3.05) is 0 Å². The van der Waals surface area contributed by atoms with Gasteiger partial charge in [0.2, 0.25) is 0 Å². The van der Waals surface area contributed by atoms with Crippen LogP contribution >= 0.6 is 0 Å². The van der Waals surface area contributed by atoms with Crippen LogP contribution in [0.15, 0.2) is 11.6 Å². The van der Waals surface area contributed by atoms with Crippen LogP contribution in [0.4, 0.5) is 0 Å². The van der Waals surface area contributed by atoms with Crippen molar-refractivity contribution >= 4 is 0 Å². The Morgan fingerprint density at radius 2 is 1.80 bits per heavy atom. The largest absolute Gasteiger partial charge is 0.0837 e. The minimum absolute atomic E-state index is 0.513. The van der Waals surface area contributed by atoms with Crippen LogP contribution in [0.3, 0.4) is 0 Å². The van der Waals surface area contributed by atoms with Crippen molar-refractivity contribution in [3.05, 3.63) is 11.6 Å². The van der Waals surface area contributed by atoms with E-state index in [9.17, 15) is 0 Å². The molecule has 3 aliphatic rings. The highest BCUT2D eigenvalue weighted by Crippen LogP contribution is 2.66. The molecule has 0 heterocycles. The zero-order valence-electron chi connectivity index (χ0n) is 10.5. The van der Waals surface area contributed by atoms with E-state index < -0.39 is 0 Å². The predicted octanol–water partition coefficient (Wildman–Crippen LogP) is 4.70. The van der Waals surface area contributed by atoms with Crippen LogP contribution in [0.5, 0.6) is 0 Å². The molecule has 0 saturated heterocycles. The quantitative estimate of drug-likeness (QED) is 0.502. The summed E-state index contributed by atoms with van der Waals surface area (Å²) in [4.78, 5) is 0. The van der Waals surface area contributed by atoms with E-state index in [1.165, 1.54) is 44.9 Å². The maximum absolute atomic E-state index is 2.63. The minimum Gasteiger partial charge on any atom is -0.0837 e. The normalized spacial score (nSPS) is 47.3. The van der Waals surface area contributed by atoms with Gasteiger partial charge in [-0.15, -0.1) is 0 Å². The Kier molecular flexibility index (Phi) is 1.79. The Morgan fingerprint density at radius 1 is 1.00 bits per heavy atom. The van der Waals surface area contributed by atoms with Gasteiger partial charge in [-0.25, -0.2) is 0 Å². The van der Waals surface area contributed by atoms with Gasteiger partial charge in [-0.1, -0.05) is 38.8 Å². The van der Waals surface area contributed by atoms with Gasteiger partial charge in [0.05, 0.1) is 0 Å². The first-order valence-electron chi connectivity index (χ1n) is 6.67. The molecule has 15 heavy (non-hydrogen) atoms. The van der Waals surface area contributed by atoms with E-state index in [4.69, 9.17) is 0 Å². The molecule has 0 amide bonds. The van der Waals surface area contributed by atoms with Gasteiger partial charge in [-0.3, -0.25) is 0 Å². The Balaban J connectivity index is 2.06. The third kappa shape index (κ3) is 1.26. The van der Waals surface area contributed by atoms with Crippen molar-refractivity contribution in [3.63, 3.8) is 0 Å². The molecule has 3 rings (SSSR count). The summed E-state index contributed by atoms with van der Waals surface area (Å²) in [6.45, 7) is 7.45. The van der Waals surface area contributed by atoms with Gasteiger partial charge in [-0.2, -0.15) is 0 Å². The summed E-state index contributed by atoms with van der Waals surface area (Å²) < 4.78 is 0. The SMILES string of the molecule is CC1(C)CC[C@]23CCC[C@](C)(CC=C12)C3. The van der Waals surface area contributed by atoms with E-state index in [1.54, 1.807) is 0 Å². The molecular weight excluding hydrogens is 180 g/mol. The lowest BCUT2D eigenvalue weighted by Gasteiger charge is -2.50. The van der Waals surface area contributed by atoms with Crippen molar-refractivity contribution in [1.29, 1.82) is 0 Å². The molecule has 3 aliphatic carbocycles. The summed E-state index contributed by atoms with van der Waals surface area (Å²) in [5.41, 5.74) is 3.66. The molecule has 0 nitrogen and oxygen atoms in total. The molecule has 0 aromatic rings. The Bertz CT molecular complexity index is 323. The lowest BCUT2D eigenvalue weighted by molar-refractivity contribution is 0.0882. The van der Waals surface area contributed by atoms with Gasteiger partial charge >= 0.3 is 0 Å². The van der Waals surface area contributed by atoms with E-state index in [-0.39, 0.29) is 0 Å². The fraction of sp³-hybridized carbons (Fsp3) is 0.867. The van der Waals surface area contributed by atoms with Gasteiger partial charge in [0.25, 0.3) is 0 Å². The molecule has 0 unspecified atom stereocenters. The zero-order chi connectivity index (χ0) is 10.7. The predicted molar refractivity (Wildman–Crippen MR) is 64.7 cm³/mol. The van der Waals surface area contributed by atoms with Crippen LogP contribution in [0.25, 0.3) is 0 Å². The maximum Gasteiger partial charge on any atom is -0.00771 e.